The Bertz CT molecular complexity index is 208. The van der Waals surface area contributed by atoms with Crippen molar-refractivity contribution in [3.63, 3.8) is 0 Å². The number of carboxylic acid groups (broad SMARTS) is 1. The fraction of sp³-hybridized carbons (Fsp3) is 0.500. The van der Waals surface area contributed by atoms with Crippen molar-refractivity contribution in [2.24, 2.45) is 0 Å². The number of hydrogen-bond donors (Lipinski definition) is 0. The van der Waals surface area contributed by atoms with Crippen molar-refractivity contribution in [1.82, 2.24) is 0 Å². The summed E-state index contributed by atoms with van der Waals surface area (Å²) in [5.41, 5.74) is 0. The molecule has 0 radical (unpaired) electrons. The molecule has 0 N–H and O–H groups in total. The average molecular weight is 291 g/mol. The molecule has 0 atom stereocenters. The molecule has 4 nitrogen and oxygen atoms in total. The third-order valence-electron chi connectivity index (χ3n) is 0.590. The van der Waals surface area contributed by atoms with Crippen molar-refractivity contribution < 1.29 is 108 Å². The molecule has 0 spiro atoms. The predicted molar refractivity (Wildman–Crippen MR) is 33.7 cm³/mol. The molecule has 0 heterocycles. The van der Waals surface area contributed by atoms with Gasteiger partial charge in [-0.1, -0.05) is 23.2 Å². The number of alkyl halides is 2. The summed E-state index contributed by atoms with van der Waals surface area (Å²) in [6.45, 7) is -4.72. The molecule has 60 valence electrons. The van der Waals surface area contributed by atoms with Crippen LogP contribution in [-0.2, 0) is 16.6 Å². The number of aliphatic carboxylic acids is 1. The van der Waals surface area contributed by atoms with Crippen molar-refractivity contribution >= 4 is 47.5 Å². The van der Waals surface area contributed by atoms with E-state index in [0.29, 0.717) is 0 Å². The number of carbonyl (C=O) groups is 1. The van der Waals surface area contributed by atoms with Gasteiger partial charge in [0, 0.05) is 0 Å². The molecule has 0 bridgehead atoms. The quantitative estimate of drug-likeness (QED) is 0.286. The summed E-state index contributed by atoms with van der Waals surface area (Å²) in [5.74, 6) is -2.14. The first kappa shape index (κ1) is 25.5. The number of rotatable bonds is 2. The summed E-state index contributed by atoms with van der Waals surface area (Å²) < 4.78 is -3.00. The molecule has 0 amide bonds. The molecule has 0 aliphatic heterocycles. The van der Waals surface area contributed by atoms with Gasteiger partial charge in [0.25, 0.3) is 0 Å². The Morgan fingerprint density at radius 2 is 1.46 bits per heavy atom. The monoisotopic (exact) mass is 290 g/mol. The van der Waals surface area contributed by atoms with Gasteiger partial charge in [-0.05, 0) is 0 Å². The number of halogens is 2. The fourth-order valence-corrected chi connectivity index (χ4v) is 0.559. The first-order valence-corrected chi connectivity index (χ1v) is 5.20. The Morgan fingerprint density at radius 1 is 1.23 bits per heavy atom. The van der Waals surface area contributed by atoms with Crippen LogP contribution in [0.5, 0.6) is 0 Å². The molecular weight excluding hydrogens is 291 g/mol. The molecule has 13 heavy (non-hydrogen) atoms. The molecular formula is C2Cl2Na3O4PS. The topological polar surface area (TPSA) is 86.2 Å². The maximum Gasteiger partial charge on any atom is 1.00 e. The Hall–Kier alpha value is 3.62. The Morgan fingerprint density at radius 3 is 1.46 bits per heavy atom. The molecule has 0 saturated heterocycles. The molecule has 0 aliphatic carbocycles. The minimum absolute atomic E-state index is 0. The van der Waals surface area contributed by atoms with Crippen LogP contribution in [0.3, 0.4) is 0 Å². The van der Waals surface area contributed by atoms with Crippen molar-refractivity contribution in [1.29, 1.82) is 0 Å². The van der Waals surface area contributed by atoms with Gasteiger partial charge in [-0.2, -0.15) is 6.49 Å². The van der Waals surface area contributed by atoms with Gasteiger partial charge in [0.15, 0.2) is 4.07 Å². The standard InChI is InChI=1S/C2H3Cl2O4PS.3Na/c3-2(4,1(5)6)9(7,8)10;;;/h(H,5,6)(H2,7,8,10);;;/q;3*+1/p-3. The molecule has 0 aromatic rings. The second-order valence-electron chi connectivity index (χ2n) is 1.33. The van der Waals surface area contributed by atoms with Crippen LogP contribution in [0.4, 0.5) is 0 Å². The predicted octanol–water partition coefficient (Wildman–Crippen LogP) is -11.1. The first-order valence-electron chi connectivity index (χ1n) is 1.81. The van der Waals surface area contributed by atoms with Gasteiger partial charge < -0.3 is 19.7 Å². The normalized spacial score (nSPS) is 10.2. The average Bonchev–Trinajstić information content (AvgIpc) is 1.62. The largest absolute Gasteiger partial charge is 1.00 e. The Labute approximate surface area is 157 Å². The zero-order valence-corrected chi connectivity index (χ0v) is 16.5. The summed E-state index contributed by atoms with van der Waals surface area (Å²) in [6, 6.07) is 0. The van der Waals surface area contributed by atoms with Gasteiger partial charge in [0.1, 0.15) is 0 Å². The minimum Gasteiger partial charge on any atom is -0.830 e. The summed E-state index contributed by atoms with van der Waals surface area (Å²) in [5, 5.41) is 9.85. The second kappa shape index (κ2) is 9.63. The van der Waals surface area contributed by atoms with Gasteiger partial charge in [0.05, 0.1) is 5.97 Å². The Balaban J connectivity index is -0.000000135. The SMILES string of the molecule is O=C([O-])C(Cl)(Cl)P([O-])([O-])=S.[Na+].[Na+].[Na+]. The van der Waals surface area contributed by atoms with E-state index in [2.05, 4.69) is 11.8 Å². The van der Waals surface area contributed by atoms with Crippen LogP contribution in [0.2, 0.25) is 0 Å². The maximum absolute atomic E-state index is 10.3. The molecule has 0 fully saturated rings. The smallest absolute Gasteiger partial charge is 0.830 e. The van der Waals surface area contributed by atoms with E-state index >= 15 is 0 Å². The van der Waals surface area contributed by atoms with E-state index < -0.39 is 16.5 Å². The van der Waals surface area contributed by atoms with Crippen LogP contribution in [0.15, 0.2) is 0 Å². The van der Waals surface area contributed by atoms with Gasteiger partial charge in [-0.15, -0.1) is 11.8 Å². The molecule has 0 rings (SSSR count). The van der Waals surface area contributed by atoms with E-state index in [9.17, 15) is 19.7 Å². The molecule has 11 heteroatoms. The third kappa shape index (κ3) is 8.36. The minimum atomic E-state index is -4.72. The van der Waals surface area contributed by atoms with E-state index in [0.717, 1.165) is 0 Å². The van der Waals surface area contributed by atoms with Gasteiger partial charge in [0.2, 0.25) is 0 Å². The maximum atomic E-state index is 10.3. The number of carbonyl (C=O) groups excluding carboxylic acids is 1. The summed E-state index contributed by atoms with van der Waals surface area (Å²) in [6.07, 6.45) is 0. The van der Waals surface area contributed by atoms with E-state index in [1.54, 1.807) is 0 Å². The summed E-state index contributed by atoms with van der Waals surface area (Å²) in [7, 11) is 0. The van der Waals surface area contributed by atoms with E-state index in [-0.39, 0.29) is 88.7 Å². The fourth-order valence-electron chi connectivity index (χ4n) is 0.112. The Kier molecular flexibility index (Phi) is 18.9. The summed E-state index contributed by atoms with van der Waals surface area (Å²) >= 11 is 13.3. The zero-order valence-electron chi connectivity index (χ0n) is 7.24. The van der Waals surface area contributed by atoms with Crippen LogP contribution in [-0.4, -0.2) is 10.0 Å². The summed E-state index contributed by atoms with van der Waals surface area (Å²) in [4.78, 5) is 30.4. The molecule has 0 aromatic carbocycles. The van der Waals surface area contributed by atoms with Crippen molar-refractivity contribution in [2.75, 3.05) is 0 Å². The number of carboxylic acids is 1. The van der Waals surface area contributed by atoms with Crippen molar-refractivity contribution in [3.05, 3.63) is 0 Å². The van der Waals surface area contributed by atoms with Crippen LogP contribution in [0.25, 0.3) is 0 Å². The second-order valence-corrected chi connectivity index (χ2v) is 6.29. The molecule has 0 aromatic heterocycles. The van der Waals surface area contributed by atoms with Crippen LogP contribution < -0.4 is 104 Å². The number of hydrogen-bond acceptors (Lipinski definition) is 5. The van der Waals surface area contributed by atoms with Crippen LogP contribution in [0, 0.1) is 0 Å². The van der Waals surface area contributed by atoms with Crippen LogP contribution in [0.1, 0.15) is 0 Å². The molecule has 0 saturated carbocycles. The van der Waals surface area contributed by atoms with Crippen LogP contribution >= 0.6 is 29.7 Å². The van der Waals surface area contributed by atoms with Gasteiger partial charge >= 0.3 is 88.7 Å². The third-order valence-corrected chi connectivity index (χ3v) is 4.53. The molecule has 0 aliphatic rings. The van der Waals surface area contributed by atoms with Crippen molar-refractivity contribution in [2.45, 2.75) is 4.07 Å². The van der Waals surface area contributed by atoms with Gasteiger partial charge in [-0.25, -0.2) is 0 Å². The first-order chi connectivity index (χ1) is 4.19. The van der Waals surface area contributed by atoms with Crippen molar-refractivity contribution in [3.8, 4) is 0 Å². The van der Waals surface area contributed by atoms with E-state index in [1.807, 2.05) is 0 Å². The zero-order chi connectivity index (χ0) is 8.58. The van der Waals surface area contributed by atoms with E-state index in [1.165, 1.54) is 0 Å². The van der Waals surface area contributed by atoms with Gasteiger partial charge in [-0.3, -0.25) is 0 Å². The molecule has 0 unspecified atom stereocenters. The van der Waals surface area contributed by atoms with E-state index in [4.69, 9.17) is 23.2 Å².